The van der Waals surface area contributed by atoms with Crippen molar-refractivity contribution in [1.29, 1.82) is 0 Å². The van der Waals surface area contributed by atoms with Crippen molar-refractivity contribution >= 4 is 5.97 Å². The molecule has 0 bridgehead atoms. The highest BCUT2D eigenvalue weighted by molar-refractivity contribution is 5.91. The van der Waals surface area contributed by atoms with Crippen LogP contribution >= 0.6 is 0 Å². The summed E-state index contributed by atoms with van der Waals surface area (Å²) in [5.74, 6) is -0.457. The normalized spacial score (nSPS) is 12.2. The van der Waals surface area contributed by atoms with Crippen molar-refractivity contribution in [2.24, 2.45) is 0 Å². The van der Waals surface area contributed by atoms with Crippen LogP contribution in [0.3, 0.4) is 0 Å². The van der Waals surface area contributed by atoms with Gasteiger partial charge in [0, 0.05) is 6.42 Å². The number of carbonyl (C=O) groups excluding carboxylic acids is 1. The Morgan fingerprint density at radius 2 is 2.07 bits per heavy atom. The predicted octanol–water partition coefficient (Wildman–Crippen LogP) is 2.13. The number of hydrogen-bond acceptors (Lipinski definition) is 3. The second-order valence-electron chi connectivity index (χ2n) is 3.28. The van der Waals surface area contributed by atoms with Crippen LogP contribution in [-0.2, 0) is 11.2 Å². The van der Waals surface area contributed by atoms with E-state index < -0.39 is 12.3 Å². The molecule has 1 unspecified atom stereocenters. The summed E-state index contributed by atoms with van der Waals surface area (Å²) in [7, 11) is 0. The van der Waals surface area contributed by atoms with Gasteiger partial charge in [-0.15, -0.1) is 0 Å². The number of aliphatic hydroxyl groups is 1. The molecule has 0 aliphatic carbocycles. The molecule has 0 aromatic heterocycles. The van der Waals surface area contributed by atoms with Gasteiger partial charge in [-0.3, -0.25) is 0 Å². The van der Waals surface area contributed by atoms with Gasteiger partial charge in [0.15, 0.2) is 0 Å². The van der Waals surface area contributed by atoms with Crippen LogP contribution in [0.1, 0.15) is 36.2 Å². The number of esters is 1. The number of carbonyl (C=O) groups is 1. The van der Waals surface area contributed by atoms with Crippen LogP contribution in [0.15, 0.2) is 24.3 Å². The van der Waals surface area contributed by atoms with Gasteiger partial charge < -0.3 is 9.84 Å². The third-order valence-electron chi connectivity index (χ3n) is 2.21. The van der Waals surface area contributed by atoms with Gasteiger partial charge in [-0.1, -0.05) is 32.0 Å². The summed E-state index contributed by atoms with van der Waals surface area (Å²) >= 11 is 0. The van der Waals surface area contributed by atoms with Crippen molar-refractivity contribution in [3.8, 4) is 0 Å². The van der Waals surface area contributed by atoms with Gasteiger partial charge in [0.2, 0.25) is 6.29 Å². The van der Waals surface area contributed by atoms with Crippen molar-refractivity contribution in [2.75, 3.05) is 0 Å². The van der Waals surface area contributed by atoms with Gasteiger partial charge in [-0.25, -0.2) is 4.79 Å². The molecule has 1 atom stereocenters. The molecule has 0 radical (unpaired) electrons. The largest absolute Gasteiger partial charge is 0.432 e. The van der Waals surface area contributed by atoms with Gasteiger partial charge in [-0.2, -0.15) is 0 Å². The highest BCUT2D eigenvalue weighted by atomic mass is 16.6. The monoisotopic (exact) mass is 208 g/mol. The topological polar surface area (TPSA) is 46.5 Å². The second kappa shape index (κ2) is 5.51. The Kier molecular flexibility index (Phi) is 4.31. The number of hydrogen-bond donors (Lipinski definition) is 1. The first-order valence-corrected chi connectivity index (χ1v) is 5.16. The van der Waals surface area contributed by atoms with Crippen LogP contribution in [0.25, 0.3) is 0 Å². The highest BCUT2D eigenvalue weighted by Crippen LogP contribution is 2.12. The number of ether oxygens (including phenoxy) is 1. The van der Waals surface area contributed by atoms with E-state index in [2.05, 4.69) is 0 Å². The molecule has 15 heavy (non-hydrogen) atoms. The van der Waals surface area contributed by atoms with E-state index >= 15 is 0 Å². The van der Waals surface area contributed by atoms with Gasteiger partial charge >= 0.3 is 5.97 Å². The van der Waals surface area contributed by atoms with Crippen LogP contribution in [-0.4, -0.2) is 17.4 Å². The lowest BCUT2D eigenvalue weighted by Crippen LogP contribution is -2.17. The molecule has 82 valence electrons. The molecule has 1 N–H and O–H groups in total. The average molecular weight is 208 g/mol. The van der Waals surface area contributed by atoms with E-state index in [0.717, 1.165) is 12.0 Å². The van der Waals surface area contributed by atoms with Gasteiger partial charge in [-0.05, 0) is 18.1 Å². The summed E-state index contributed by atoms with van der Waals surface area (Å²) in [6.45, 7) is 3.73. The van der Waals surface area contributed by atoms with E-state index in [9.17, 15) is 9.90 Å². The Hall–Kier alpha value is -1.35. The molecule has 0 aliphatic heterocycles. The van der Waals surface area contributed by atoms with Crippen LogP contribution in [0.2, 0.25) is 0 Å². The van der Waals surface area contributed by atoms with Crippen LogP contribution in [0.5, 0.6) is 0 Å². The second-order valence-corrected chi connectivity index (χ2v) is 3.28. The molecule has 3 nitrogen and oxygen atoms in total. The zero-order valence-electron chi connectivity index (χ0n) is 9.06. The summed E-state index contributed by atoms with van der Waals surface area (Å²) in [5, 5.41) is 9.21. The average Bonchev–Trinajstić information content (AvgIpc) is 2.28. The molecule has 0 aliphatic rings. The minimum atomic E-state index is -1.01. The predicted molar refractivity (Wildman–Crippen MR) is 57.5 cm³/mol. The van der Waals surface area contributed by atoms with E-state index in [1.807, 2.05) is 19.1 Å². The smallest absolute Gasteiger partial charge is 0.340 e. The van der Waals surface area contributed by atoms with E-state index in [1.165, 1.54) is 0 Å². The Morgan fingerprint density at radius 1 is 1.40 bits per heavy atom. The minimum Gasteiger partial charge on any atom is -0.432 e. The lowest BCUT2D eigenvalue weighted by atomic mass is 10.1. The Morgan fingerprint density at radius 3 is 2.67 bits per heavy atom. The molecule has 1 rings (SSSR count). The first-order valence-electron chi connectivity index (χ1n) is 5.16. The maximum Gasteiger partial charge on any atom is 0.340 e. The molecule has 0 spiro atoms. The Balaban J connectivity index is 2.81. The number of rotatable bonds is 4. The molecular formula is C12H16O3. The molecule has 0 fully saturated rings. The summed E-state index contributed by atoms with van der Waals surface area (Å²) in [6.07, 6.45) is 0.162. The Bertz CT molecular complexity index is 333. The first kappa shape index (κ1) is 11.7. The van der Waals surface area contributed by atoms with Gasteiger partial charge in [0.1, 0.15) is 0 Å². The van der Waals surface area contributed by atoms with Crippen molar-refractivity contribution < 1.29 is 14.6 Å². The van der Waals surface area contributed by atoms with Crippen LogP contribution in [0, 0.1) is 0 Å². The van der Waals surface area contributed by atoms with Crippen LogP contribution < -0.4 is 0 Å². The van der Waals surface area contributed by atoms with E-state index in [4.69, 9.17) is 4.74 Å². The number of aliphatic hydroxyl groups excluding tert-OH is 1. The van der Waals surface area contributed by atoms with Crippen molar-refractivity contribution in [3.05, 3.63) is 35.4 Å². The molecular weight excluding hydrogens is 192 g/mol. The third-order valence-corrected chi connectivity index (χ3v) is 2.21. The highest BCUT2D eigenvalue weighted by Gasteiger charge is 2.14. The molecule has 0 saturated carbocycles. The molecule has 1 aromatic rings. The fourth-order valence-electron chi connectivity index (χ4n) is 1.30. The number of aryl methyl sites for hydroxylation is 1. The van der Waals surface area contributed by atoms with E-state index in [0.29, 0.717) is 12.0 Å². The molecule has 0 heterocycles. The fourth-order valence-corrected chi connectivity index (χ4v) is 1.30. The van der Waals surface area contributed by atoms with Crippen molar-refractivity contribution in [1.82, 2.24) is 0 Å². The standard InChI is InChI=1S/C12H16O3/c1-3-9-7-5-6-8-10(9)12(14)15-11(13)4-2/h5-8,11,13H,3-4H2,1-2H3. The van der Waals surface area contributed by atoms with E-state index in [-0.39, 0.29) is 0 Å². The van der Waals surface area contributed by atoms with E-state index in [1.54, 1.807) is 19.1 Å². The quantitative estimate of drug-likeness (QED) is 0.609. The van der Waals surface area contributed by atoms with Crippen LogP contribution in [0.4, 0.5) is 0 Å². The lowest BCUT2D eigenvalue weighted by molar-refractivity contribution is -0.0657. The SMILES string of the molecule is CCc1ccccc1C(=O)OC(O)CC. The van der Waals surface area contributed by atoms with Crippen molar-refractivity contribution in [3.63, 3.8) is 0 Å². The molecule has 0 amide bonds. The molecule has 0 saturated heterocycles. The van der Waals surface area contributed by atoms with Gasteiger partial charge in [0.05, 0.1) is 5.56 Å². The zero-order valence-corrected chi connectivity index (χ0v) is 9.06. The fraction of sp³-hybridized carbons (Fsp3) is 0.417. The minimum absolute atomic E-state index is 0.403. The maximum absolute atomic E-state index is 11.6. The maximum atomic E-state index is 11.6. The summed E-state index contributed by atoms with van der Waals surface area (Å²) < 4.78 is 4.84. The molecule has 1 aromatic carbocycles. The number of benzene rings is 1. The van der Waals surface area contributed by atoms with Crippen molar-refractivity contribution in [2.45, 2.75) is 33.0 Å². The van der Waals surface area contributed by atoms with Gasteiger partial charge in [0.25, 0.3) is 0 Å². The summed E-state index contributed by atoms with van der Waals surface area (Å²) in [4.78, 5) is 11.6. The zero-order chi connectivity index (χ0) is 11.3. The summed E-state index contributed by atoms with van der Waals surface area (Å²) in [6, 6.07) is 7.26. The molecule has 3 heteroatoms. The first-order chi connectivity index (χ1) is 7.19. The Labute approximate surface area is 89.7 Å². The summed E-state index contributed by atoms with van der Waals surface area (Å²) in [5.41, 5.74) is 1.47. The lowest BCUT2D eigenvalue weighted by Gasteiger charge is -2.11. The third kappa shape index (κ3) is 3.06.